The summed E-state index contributed by atoms with van der Waals surface area (Å²) >= 11 is 0. The lowest BCUT2D eigenvalue weighted by atomic mass is 10.00. The van der Waals surface area contributed by atoms with Crippen LogP contribution < -0.4 is 14.2 Å². The van der Waals surface area contributed by atoms with Gasteiger partial charge in [0.15, 0.2) is 6.26 Å². The Morgan fingerprint density at radius 1 is 0.786 bits per heavy atom. The molecule has 3 aromatic rings. The first kappa shape index (κ1) is 32.2. The third-order valence-electron chi connectivity index (χ3n) is 5.64. The standard InChI is InChI=1S/C32H36O10/c1-4-18-40-41-20-5-19-37-29-14-16-31(17-15-29)39-24-38-30-12-10-28(11-13-30)32(42-33)27-8-6-26(7-9-27)25(2)36-22-21-35-23-34-3/h6-18,32-33H,1-2,5,19-24H2,3H3. The lowest BCUT2D eigenvalue weighted by molar-refractivity contribution is -0.270. The summed E-state index contributed by atoms with van der Waals surface area (Å²) in [7, 11) is 1.56. The van der Waals surface area contributed by atoms with Gasteiger partial charge in [0.1, 0.15) is 42.5 Å². The zero-order valence-electron chi connectivity index (χ0n) is 23.6. The van der Waals surface area contributed by atoms with Crippen LogP contribution in [0.4, 0.5) is 0 Å². The average molecular weight is 581 g/mol. The molecule has 0 aliphatic carbocycles. The highest BCUT2D eigenvalue weighted by Crippen LogP contribution is 2.28. The first-order valence-corrected chi connectivity index (χ1v) is 13.1. The van der Waals surface area contributed by atoms with E-state index in [1.54, 1.807) is 31.4 Å². The Labute approximate surface area is 245 Å². The highest BCUT2D eigenvalue weighted by atomic mass is 17.2. The van der Waals surface area contributed by atoms with Crippen LogP contribution in [-0.4, -0.2) is 52.4 Å². The molecule has 0 spiro atoms. The Bertz CT molecular complexity index is 1220. The summed E-state index contributed by atoms with van der Waals surface area (Å²) in [5.74, 6) is 2.46. The van der Waals surface area contributed by atoms with E-state index in [1.165, 1.54) is 6.26 Å². The van der Waals surface area contributed by atoms with Gasteiger partial charge in [-0.15, -0.1) is 0 Å². The van der Waals surface area contributed by atoms with Crippen LogP contribution in [0, 0.1) is 0 Å². The van der Waals surface area contributed by atoms with Crippen LogP contribution in [0.5, 0.6) is 17.2 Å². The molecule has 10 nitrogen and oxygen atoms in total. The predicted molar refractivity (Wildman–Crippen MR) is 155 cm³/mol. The Kier molecular flexibility index (Phi) is 14.5. The highest BCUT2D eigenvalue weighted by molar-refractivity contribution is 5.58. The molecule has 1 unspecified atom stereocenters. The fourth-order valence-electron chi connectivity index (χ4n) is 3.57. The van der Waals surface area contributed by atoms with E-state index in [-0.39, 0.29) is 13.6 Å². The zero-order valence-corrected chi connectivity index (χ0v) is 23.6. The molecule has 0 amide bonds. The maximum Gasteiger partial charge on any atom is 0.230 e. The fraction of sp³-hybridized carbons (Fsp3) is 0.281. The Morgan fingerprint density at radius 2 is 1.38 bits per heavy atom. The van der Waals surface area contributed by atoms with Gasteiger partial charge in [-0.1, -0.05) is 55.3 Å². The van der Waals surface area contributed by atoms with Crippen LogP contribution >= 0.6 is 0 Å². The van der Waals surface area contributed by atoms with Crippen molar-refractivity contribution in [2.75, 3.05) is 47.1 Å². The maximum absolute atomic E-state index is 9.61. The number of rotatable bonds is 21. The van der Waals surface area contributed by atoms with Crippen LogP contribution in [-0.2, 0) is 28.9 Å². The van der Waals surface area contributed by atoms with Gasteiger partial charge < -0.3 is 33.3 Å². The Morgan fingerprint density at radius 3 is 1.98 bits per heavy atom. The lowest BCUT2D eigenvalue weighted by Gasteiger charge is -2.16. The average Bonchev–Trinajstić information content (AvgIpc) is 3.02. The second-order valence-electron chi connectivity index (χ2n) is 8.58. The van der Waals surface area contributed by atoms with Crippen molar-refractivity contribution >= 4 is 5.76 Å². The molecule has 0 fully saturated rings. The molecule has 0 aromatic heterocycles. The van der Waals surface area contributed by atoms with E-state index in [2.05, 4.69) is 23.8 Å². The van der Waals surface area contributed by atoms with Gasteiger partial charge in [-0.05, 0) is 47.5 Å². The number of methoxy groups -OCH3 is 1. The summed E-state index contributed by atoms with van der Waals surface area (Å²) in [5, 5.41) is 9.61. The van der Waals surface area contributed by atoms with Crippen LogP contribution in [0.2, 0.25) is 0 Å². The molecule has 3 aromatic carbocycles. The van der Waals surface area contributed by atoms with Gasteiger partial charge in [-0.3, -0.25) is 5.26 Å². The van der Waals surface area contributed by atoms with Crippen molar-refractivity contribution in [1.82, 2.24) is 0 Å². The maximum atomic E-state index is 9.61. The minimum absolute atomic E-state index is 0.0158. The smallest absolute Gasteiger partial charge is 0.230 e. The van der Waals surface area contributed by atoms with Crippen LogP contribution in [0.3, 0.4) is 0 Å². The van der Waals surface area contributed by atoms with Gasteiger partial charge in [0.25, 0.3) is 0 Å². The van der Waals surface area contributed by atoms with Gasteiger partial charge in [0, 0.05) is 19.1 Å². The van der Waals surface area contributed by atoms with Crippen molar-refractivity contribution in [2.45, 2.75) is 12.5 Å². The van der Waals surface area contributed by atoms with Gasteiger partial charge in [-0.2, -0.15) is 4.89 Å². The Balaban J connectivity index is 1.41. The monoisotopic (exact) mass is 580 g/mol. The minimum Gasteiger partial charge on any atom is -0.494 e. The fourth-order valence-corrected chi connectivity index (χ4v) is 3.57. The molecule has 42 heavy (non-hydrogen) atoms. The molecule has 0 saturated heterocycles. The number of hydrogen-bond donors (Lipinski definition) is 1. The number of hydrogen-bond acceptors (Lipinski definition) is 10. The van der Waals surface area contributed by atoms with Crippen LogP contribution in [0.25, 0.3) is 5.76 Å². The van der Waals surface area contributed by atoms with Crippen molar-refractivity contribution in [3.05, 3.63) is 115 Å². The number of ether oxygens (including phenoxy) is 6. The van der Waals surface area contributed by atoms with E-state index in [4.69, 9.17) is 38.2 Å². The highest BCUT2D eigenvalue weighted by Gasteiger charge is 2.16. The van der Waals surface area contributed by atoms with E-state index in [9.17, 15) is 5.26 Å². The molecular formula is C32H36O10. The molecule has 0 aliphatic rings. The van der Waals surface area contributed by atoms with Crippen LogP contribution in [0.15, 0.2) is 97.9 Å². The van der Waals surface area contributed by atoms with Crippen LogP contribution in [0.1, 0.15) is 29.2 Å². The van der Waals surface area contributed by atoms with Gasteiger partial charge in [-0.25, -0.2) is 4.89 Å². The quantitative estimate of drug-likeness (QED) is 0.0385. The summed E-state index contributed by atoms with van der Waals surface area (Å²) < 4.78 is 32.6. The largest absolute Gasteiger partial charge is 0.494 e. The summed E-state index contributed by atoms with van der Waals surface area (Å²) in [6, 6.07) is 21.8. The molecule has 0 heterocycles. The van der Waals surface area contributed by atoms with E-state index >= 15 is 0 Å². The Hall–Kier alpha value is -4.28. The predicted octanol–water partition coefficient (Wildman–Crippen LogP) is 6.30. The van der Waals surface area contributed by atoms with Crippen molar-refractivity contribution in [3.63, 3.8) is 0 Å². The normalized spacial score (nSPS) is 11.2. The number of benzene rings is 3. The molecule has 224 valence electrons. The topological polar surface area (TPSA) is 103 Å². The van der Waals surface area contributed by atoms with E-state index in [0.29, 0.717) is 55.9 Å². The second-order valence-corrected chi connectivity index (χ2v) is 8.58. The third-order valence-corrected chi connectivity index (χ3v) is 5.64. The molecule has 0 aliphatic heterocycles. The van der Waals surface area contributed by atoms with Crippen molar-refractivity contribution < 1.29 is 48.3 Å². The van der Waals surface area contributed by atoms with Crippen molar-refractivity contribution in [3.8, 4) is 17.2 Å². The van der Waals surface area contributed by atoms with Gasteiger partial charge in [0.2, 0.25) is 6.79 Å². The molecule has 1 atom stereocenters. The molecular weight excluding hydrogens is 544 g/mol. The summed E-state index contributed by atoms with van der Waals surface area (Å²) in [6.07, 6.45) is 1.21. The molecule has 0 saturated carbocycles. The van der Waals surface area contributed by atoms with Gasteiger partial charge >= 0.3 is 0 Å². The van der Waals surface area contributed by atoms with Gasteiger partial charge in [0.05, 0.1) is 19.8 Å². The molecule has 10 heteroatoms. The summed E-state index contributed by atoms with van der Waals surface area (Å²) in [4.78, 5) is 14.3. The first-order valence-electron chi connectivity index (χ1n) is 13.1. The van der Waals surface area contributed by atoms with E-state index < -0.39 is 6.10 Å². The molecule has 0 radical (unpaired) electrons. The van der Waals surface area contributed by atoms with Crippen molar-refractivity contribution in [1.29, 1.82) is 0 Å². The van der Waals surface area contributed by atoms with E-state index in [0.717, 1.165) is 16.7 Å². The SMILES string of the molecule is C=C=COOCCCOc1ccc(OCOc2ccc(C(OO)c3ccc(C(=C)OCCOCOC)cc3)cc2)cc1. The third kappa shape index (κ3) is 11.3. The molecule has 0 bridgehead atoms. The zero-order chi connectivity index (χ0) is 29.8. The lowest BCUT2D eigenvalue weighted by Crippen LogP contribution is -2.07. The summed E-state index contributed by atoms with van der Waals surface area (Å²) in [6.45, 7) is 9.15. The minimum atomic E-state index is -0.683. The van der Waals surface area contributed by atoms with Crippen molar-refractivity contribution in [2.24, 2.45) is 0 Å². The molecule has 3 rings (SSSR count). The van der Waals surface area contributed by atoms with E-state index in [1.807, 2.05) is 48.5 Å². The second kappa shape index (κ2) is 19.0. The molecule has 1 N–H and O–H groups in total. The summed E-state index contributed by atoms with van der Waals surface area (Å²) in [5.41, 5.74) is 4.75. The first-order chi connectivity index (χ1) is 20.6.